The van der Waals surface area contributed by atoms with Gasteiger partial charge in [0.25, 0.3) is 5.91 Å². The molecule has 1 N–H and O–H groups in total. The Balaban J connectivity index is 2.37. The topological polar surface area (TPSA) is 75.2 Å². The second-order valence-electron chi connectivity index (χ2n) is 6.70. The number of amides is 2. The molecule has 0 aliphatic rings. The highest BCUT2D eigenvalue weighted by Crippen LogP contribution is 2.24. The highest BCUT2D eigenvalue weighted by molar-refractivity contribution is 7.03. The fraction of sp³-hybridized carbons (Fsp3) is 0.412. The van der Waals surface area contributed by atoms with Gasteiger partial charge in [-0.25, -0.2) is 0 Å². The third-order valence-electron chi connectivity index (χ3n) is 3.51. The molecule has 1 aromatic heterocycles. The Labute approximate surface area is 146 Å². The number of carbonyl (C=O) groups is 2. The summed E-state index contributed by atoms with van der Waals surface area (Å²) in [5.74, 6) is -0.554. The molecule has 128 valence electrons. The zero-order valence-corrected chi connectivity index (χ0v) is 15.4. The van der Waals surface area contributed by atoms with Gasteiger partial charge in [-0.2, -0.15) is 0 Å². The summed E-state index contributed by atoms with van der Waals surface area (Å²) < 4.78 is 3.74. The van der Waals surface area contributed by atoms with Crippen molar-refractivity contribution >= 4 is 29.0 Å². The molecule has 2 amide bonds. The first-order valence-corrected chi connectivity index (χ1v) is 8.49. The number of nitrogens with zero attached hydrogens (tertiary/aromatic N) is 3. The molecule has 0 saturated heterocycles. The lowest BCUT2D eigenvalue weighted by Crippen LogP contribution is -2.47. The number of benzene rings is 1. The van der Waals surface area contributed by atoms with Crippen molar-refractivity contribution in [2.45, 2.75) is 40.2 Å². The molecule has 0 radical (unpaired) electrons. The van der Waals surface area contributed by atoms with E-state index in [0.29, 0.717) is 5.69 Å². The Morgan fingerprint density at radius 3 is 2.54 bits per heavy atom. The van der Waals surface area contributed by atoms with E-state index in [1.807, 2.05) is 52.8 Å². The van der Waals surface area contributed by atoms with Gasteiger partial charge in [0.1, 0.15) is 6.54 Å². The molecule has 0 fully saturated rings. The largest absolute Gasteiger partial charge is 0.350 e. The molecule has 2 rings (SSSR count). The zero-order chi connectivity index (χ0) is 17.9. The van der Waals surface area contributed by atoms with Gasteiger partial charge in [-0.05, 0) is 63.3 Å². The predicted octanol–water partition coefficient (Wildman–Crippen LogP) is 2.72. The predicted molar refractivity (Wildman–Crippen MR) is 95.4 cm³/mol. The Kier molecular flexibility index (Phi) is 5.33. The third-order valence-corrected chi connectivity index (χ3v) is 4.01. The first-order chi connectivity index (χ1) is 11.2. The third kappa shape index (κ3) is 4.38. The SMILES string of the molecule is Cc1cccc(N(CC(=O)NC(C)(C)C)C(=O)c2csnn2)c1C. The van der Waals surface area contributed by atoms with Gasteiger partial charge in [-0.1, -0.05) is 16.6 Å². The summed E-state index contributed by atoms with van der Waals surface area (Å²) in [6.45, 7) is 9.54. The van der Waals surface area contributed by atoms with E-state index in [1.165, 1.54) is 4.90 Å². The molecule has 0 saturated carbocycles. The van der Waals surface area contributed by atoms with Gasteiger partial charge in [0, 0.05) is 16.6 Å². The van der Waals surface area contributed by atoms with E-state index in [9.17, 15) is 9.59 Å². The van der Waals surface area contributed by atoms with E-state index in [4.69, 9.17) is 0 Å². The number of carbonyl (C=O) groups excluding carboxylic acids is 2. The molecule has 24 heavy (non-hydrogen) atoms. The van der Waals surface area contributed by atoms with E-state index in [0.717, 1.165) is 22.7 Å². The van der Waals surface area contributed by atoms with Crippen LogP contribution < -0.4 is 10.2 Å². The quantitative estimate of drug-likeness (QED) is 0.923. The molecule has 0 aliphatic carbocycles. The summed E-state index contributed by atoms with van der Waals surface area (Å²) in [4.78, 5) is 26.7. The minimum Gasteiger partial charge on any atom is -0.350 e. The van der Waals surface area contributed by atoms with Gasteiger partial charge in [-0.15, -0.1) is 5.10 Å². The fourth-order valence-corrected chi connectivity index (χ4v) is 2.72. The summed E-state index contributed by atoms with van der Waals surface area (Å²) in [5, 5.41) is 8.31. The number of aryl methyl sites for hydroxylation is 1. The number of hydrogen-bond donors (Lipinski definition) is 1. The van der Waals surface area contributed by atoms with Gasteiger partial charge in [0.2, 0.25) is 5.91 Å². The normalized spacial score (nSPS) is 11.2. The van der Waals surface area contributed by atoms with E-state index in [-0.39, 0.29) is 29.6 Å². The summed E-state index contributed by atoms with van der Waals surface area (Å²) in [5.41, 5.74) is 2.59. The van der Waals surface area contributed by atoms with Crippen molar-refractivity contribution in [1.29, 1.82) is 0 Å². The Bertz CT molecular complexity index is 736. The standard InChI is InChI=1S/C17H22N4O2S/c1-11-7-6-8-14(12(11)2)21(9-15(22)18-17(3,4)5)16(23)13-10-24-20-19-13/h6-8,10H,9H2,1-5H3,(H,18,22). The van der Waals surface area contributed by atoms with Crippen LogP contribution in [0.15, 0.2) is 23.6 Å². The molecular formula is C17H22N4O2S. The molecule has 6 nitrogen and oxygen atoms in total. The Morgan fingerprint density at radius 2 is 1.96 bits per heavy atom. The number of anilines is 1. The number of aromatic nitrogens is 2. The van der Waals surface area contributed by atoms with Crippen LogP contribution in [0.3, 0.4) is 0 Å². The zero-order valence-electron chi connectivity index (χ0n) is 14.6. The summed E-state index contributed by atoms with van der Waals surface area (Å²) in [6, 6.07) is 5.68. The summed E-state index contributed by atoms with van der Waals surface area (Å²) >= 11 is 1.11. The van der Waals surface area contributed by atoms with Crippen LogP contribution in [-0.2, 0) is 4.79 Å². The summed E-state index contributed by atoms with van der Waals surface area (Å²) in [6.07, 6.45) is 0. The van der Waals surface area contributed by atoms with Crippen LogP contribution in [-0.4, -0.2) is 33.5 Å². The van der Waals surface area contributed by atoms with Gasteiger partial charge in [-0.3, -0.25) is 14.5 Å². The van der Waals surface area contributed by atoms with Crippen LogP contribution in [0.25, 0.3) is 0 Å². The molecule has 0 atom stereocenters. The van der Waals surface area contributed by atoms with Crippen LogP contribution >= 0.6 is 11.5 Å². The van der Waals surface area contributed by atoms with E-state index >= 15 is 0 Å². The van der Waals surface area contributed by atoms with E-state index in [2.05, 4.69) is 14.9 Å². The van der Waals surface area contributed by atoms with Crippen molar-refractivity contribution in [3.8, 4) is 0 Å². The summed E-state index contributed by atoms with van der Waals surface area (Å²) in [7, 11) is 0. The molecule has 1 aromatic carbocycles. The van der Waals surface area contributed by atoms with Crippen molar-refractivity contribution in [3.05, 3.63) is 40.4 Å². The highest BCUT2D eigenvalue weighted by Gasteiger charge is 2.25. The minimum absolute atomic E-state index is 0.0715. The number of rotatable bonds is 4. The van der Waals surface area contributed by atoms with Crippen LogP contribution in [0.4, 0.5) is 5.69 Å². The Hall–Kier alpha value is -2.28. The molecule has 0 spiro atoms. The second kappa shape index (κ2) is 7.09. The maximum Gasteiger partial charge on any atom is 0.280 e. The van der Waals surface area contributed by atoms with Crippen molar-refractivity contribution in [3.63, 3.8) is 0 Å². The lowest BCUT2D eigenvalue weighted by atomic mass is 10.1. The molecule has 7 heteroatoms. The molecule has 1 heterocycles. The van der Waals surface area contributed by atoms with Crippen molar-refractivity contribution in [2.75, 3.05) is 11.4 Å². The van der Waals surface area contributed by atoms with Gasteiger partial charge < -0.3 is 5.32 Å². The van der Waals surface area contributed by atoms with Crippen LogP contribution in [0, 0.1) is 13.8 Å². The second-order valence-corrected chi connectivity index (χ2v) is 7.31. The van der Waals surface area contributed by atoms with Crippen LogP contribution in [0.2, 0.25) is 0 Å². The Morgan fingerprint density at radius 1 is 1.25 bits per heavy atom. The molecule has 0 unspecified atom stereocenters. The maximum absolute atomic E-state index is 12.8. The number of hydrogen-bond acceptors (Lipinski definition) is 5. The minimum atomic E-state index is -0.365. The molecule has 0 aliphatic heterocycles. The van der Waals surface area contributed by atoms with Crippen LogP contribution in [0.5, 0.6) is 0 Å². The smallest absolute Gasteiger partial charge is 0.280 e. The van der Waals surface area contributed by atoms with E-state index < -0.39 is 0 Å². The maximum atomic E-state index is 12.8. The van der Waals surface area contributed by atoms with Crippen molar-refractivity contribution in [2.24, 2.45) is 0 Å². The van der Waals surface area contributed by atoms with Gasteiger partial charge >= 0.3 is 0 Å². The fourth-order valence-electron chi connectivity index (χ4n) is 2.29. The molecule has 2 aromatic rings. The number of nitrogens with one attached hydrogen (secondary N) is 1. The monoisotopic (exact) mass is 346 g/mol. The first-order valence-electron chi connectivity index (χ1n) is 7.65. The van der Waals surface area contributed by atoms with Crippen LogP contribution in [0.1, 0.15) is 42.4 Å². The van der Waals surface area contributed by atoms with Crippen molar-refractivity contribution < 1.29 is 9.59 Å². The molecule has 0 bridgehead atoms. The lowest BCUT2D eigenvalue weighted by Gasteiger charge is -2.27. The first kappa shape index (κ1) is 18.1. The lowest BCUT2D eigenvalue weighted by molar-refractivity contribution is -0.121. The van der Waals surface area contributed by atoms with Gasteiger partial charge in [0.05, 0.1) is 0 Å². The van der Waals surface area contributed by atoms with E-state index in [1.54, 1.807) is 5.38 Å². The van der Waals surface area contributed by atoms with Crippen molar-refractivity contribution in [1.82, 2.24) is 14.9 Å². The average molecular weight is 346 g/mol. The highest BCUT2D eigenvalue weighted by atomic mass is 32.1. The molecular weight excluding hydrogens is 324 g/mol. The average Bonchev–Trinajstić information content (AvgIpc) is 3.00. The van der Waals surface area contributed by atoms with Gasteiger partial charge in [0.15, 0.2) is 5.69 Å².